The summed E-state index contributed by atoms with van der Waals surface area (Å²) in [6, 6.07) is 0. The lowest BCUT2D eigenvalue weighted by molar-refractivity contribution is -0.178. The van der Waals surface area contributed by atoms with Crippen molar-refractivity contribution in [3.05, 3.63) is 25.3 Å². The average Bonchev–Trinajstić information content (AvgIpc) is 3.40. The summed E-state index contributed by atoms with van der Waals surface area (Å²) in [5.74, 6) is 20.2. The minimum absolute atomic E-state index is 0.00481. The zero-order valence-electron chi connectivity index (χ0n) is 32.4. The predicted molar refractivity (Wildman–Crippen MR) is 203 cm³/mol. The standard InChI is InChI=1S/C20H30O3.C17H26O3.C5H12O2/c1-5-7-8-9-12-15-18-19(23-20(3,4)22-18)16-13-10-11-14-17(21)6-2;1-3-5-6-7-10-13-16(19)17(20)14-11-8-9-12-15(18)4-2;1-5(2,6-3)7-4/h6,17-19,21H,2,5,7-9,12,15-16H2,1,3-4H3;4,15-20H,2-3,5-7,10,13-14H2,1H3;1-4H3/t17-,18-,19-;15-,16-,17-;/m11./s1. The number of hydrogen-bond acceptors (Lipinski definition) is 8. The number of unbranched alkanes of at least 4 members (excludes halogenated alkanes) is 8. The Morgan fingerprint density at radius 3 is 1.66 bits per heavy atom. The summed E-state index contributed by atoms with van der Waals surface area (Å²) in [6.45, 7) is 18.8. The van der Waals surface area contributed by atoms with Gasteiger partial charge in [0.25, 0.3) is 0 Å². The Labute approximate surface area is 305 Å². The van der Waals surface area contributed by atoms with Crippen LogP contribution in [0.2, 0.25) is 0 Å². The van der Waals surface area contributed by atoms with E-state index in [1.165, 1.54) is 63.5 Å². The molecule has 1 aliphatic rings. The molecule has 1 rings (SSSR count). The fourth-order valence-electron chi connectivity index (χ4n) is 4.38. The van der Waals surface area contributed by atoms with Gasteiger partial charge in [0.15, 0.2) is 11.6 Å². The highest BCUT2D eigenvalue weighted by Gasteiger charge is 2.40. The van der Waals surface area contributed by atoms with Crippen molar-refractivity contribution in [2.75, 3.05) is 14.2 Å². The van der Waals surface area contributed by atoms with Crippen molar-refractivity contribution in [2.24, 2.45) is 0 Å². The van der Waals surface area contributed by atoms with E-state index in [1.807, 2.05) is 27.7 Å². The van der Waals surface area contributed by atoms with Crippen LogP contribution < -0.4 is 0 Å². The van der Waals surface area contributed by atoms with Crippen LogP contribution in [0.4, 0.5) is 0 Å². The molecule has 0 aliphatic carbocycles. The monoisotopic (exact) mass is 700 g/mol. The van der Waals surface area contributed by atoms with E-state index in [0.717, 1.165) is 19.3 Å². The SMILES string of the molecule is C=C[C@@H](O)C#CC#CC[C@@H](O)[C@H](O)CCCCCCC.C=C[C@@H](O)C#CC#CC[C@H]1OC(C)(C)O[C@@H]1CCCCCCC.COC(C)(C)OC. The van der Waals surface area contributed by atoms with E-state index in [1.54, 1.807) is 14.2 Å². The first-order valence-electron chi connectivity index (χ1n) is 18.1. The van der Waals surface area contributed by atoms with Crippen LogP contribution in [-0.4, -0.2) is 82.8 Å². The molecule has 1 fully saturated rings. The number of aliphatic hydroxyl groups is 4. The maximum absolute atomic E-state index is 9.75. The second-order valence-corrected chi connectivity index (χ2v) is 13.0. The fourth-order valence-corrected chi connectivity index (χ4v) is 4.38. The van der Waals surface area contributed by atoms with Crippen molar-refractivity contribution in [2.45, 2.75) is 180 Å². The first-order valence-corrected chi connectivity index (χ1v) is 18.1. The third-order valence-electron chi connectivity index (χ3n) is 7.71. The quantitative estimate of drug-likeness (QED) is 0.0501. The topological polar surface area (TPSA) is 118 Å². The van der Waals surface area contributed by atoms with Crippen molar-refractivity contribution in [3.63, 3.8) is 0 Å². The van der Waals surface area contributed by atoms with E-state index in [2.05, 4.69) is 74.4 Å². The summed E-state index contributed by atoms with van der Waals surface area (Å²) in [6.07, 6.45) is 13.8. The molecule has 0 radical (unpaired) electrons. The zero-order chi connectivity index (χ0) is 38.3. The highest BCUT2D eigenvalue weighted by Crippen LogP contribution is 2.32. The van der Waals surface area contributed by atoms with Crippen molar-refractivity contribution in [1.82, 2.24) is 0 Å². The third kappa shape index (κ3) is 29.2. The number of hydrogen-bond donors (Lipinski definition) is 4. The molecule has 1 aliphatic heterocycles. The Morgan fingerprint density at radius 2 is 1.18 bits per heavy atom. The largest absolute Gasteiger partial charge is 0.390 e. The summed E-state index contributed by atoms with van der Waals surface area (Å²) in [5, 5.41) is 37.8. The van der Waals surface area contributed by atoms with Gasteiger partial charge in [0.05, 0.1) is 24.4 Å². The molecule has 0 aromatic rings. The highest BCUT2D eigenvalue weighted by atomic mass is 16.7. The number of rotatable bonds is 19. The predicted octanol–water partition coefficient (Wildman–Crippen LogP) is 6.84. The number of methoxy groups -OCH3 is 2. The molecule has 1 heterocycles. The van der Waals surface area contributed by atoms with E-state index >= 15 is 0 Å². The molecule has 0 unspecified atom stereocenters. The Hall–Kier alpha value is -2.60. The van der Waals surface area contributed by atoms with Gasteiger partial charge in [-0.25, -0.2) is 0 Å². The second kappa shape index (κ2) is 31.2. The zero-order valence-corrected chi connectivity index (χ0v) is 32.4. The molecular formula is C42H68O8. The lowest BCUT2D eigenvalue weighted by Crippen LogP contribution is -2.25. The molecule has 0 aromatic carbocycles. The van der Waals surface area contributed by atoms with E-state index in [0.29, 0.717) is 12.8 Å². The molecule has 8 heteroatoms. The Morgan fingerprint density at radius 1 is 0.700 bits per heavy atom. The summed E-state index contributed by atoms with van der Waals surface area (Å²) in [7, 11) is 3.23. The van der Waals surface area contributed by atoms with Crippen LogP contribution >= 0.6 is 0 Å². The molecule has 6 atom stereocenters. The molecule has 0 saturated carbocycles. The van der Waals surface area contributed by atoms with Crippen molar-refractivity contribution >= 4 is 0 Å². The van der Waals surface area contributed by atoms with Crippen molar-refractivity contribution < 1.29 is 39.4 Å². The van der Waals surface area contributed by atoms with Gasteiger partial charge in [-0.05, 0) is 64.2 Å². The Bertz CT molecular complexity index is 1130. The van der Waals surface area contributed by atoms with Gasteiger partial charge in [0, 0.05) is 27.1 Å². The molecule has 0 bridgehead atoms. The van der Waals surface area contributed by atoms with Crippen molar-refractivity contribution in [3.8, 4) is 47.4 Å². The maximum atomic E-state index is 9.75. The molecule has 0 amide bonds. The normalized spacial score (nSPS) is 18.1. The van der Waals surface area contributed by atoms with Gasteiger partial charge in [0.1, 0.15) is 12.2 Å². The molecule has 4 N–H and O–H groups in total. The summed E-state index contributed by atoms with van der Waals surface area (Å²) < 4.78 is 21.7. The third-order valence-corrected chi connectivity index (χ3v) is 7.71. The van der Waals surface area contributed by atoms with Gasteiger partial charge < -0.3 is 39.4 Å². The Kier molecular flexibility index (Phi) is 30.9. The van der Waals surface area contributed by atoms with Gasteiger partial charge in [-0.1, -0.05) is 127 Å². The molecule has 8 nitrogen and oxygen atoms in total. The molecular weight excluding hydrogens is 632 g/mol. The number of ether oxygens (including phenoxy) is 4. The summed E-state index contributed by atoms with van der Waals surface area (Å²) in [4.78, 5) is 0. The van der Waals surface area contributed by atoms with Gasteiger partial charge >= 0.3 is 0 Å². The first-order chi connectivity index (χ1) is 23.7. The summed E-state index contributed by atoms with van der Waals surface area (Å²) in [5.41, 5.74) is 0. The maximum Gasteiger partial charge on any atom is 0.163 e. The highest BCUT2D eigenvalue weighted by molar-refractivity contribution is 5.29. The van der Waals surface area contributed by atoms with Crippen LogP contribution in [0.3, 0.4) is 0 Å². The minimum Gasteiger partial charge on any atom is -0.390 e. The fraction of sp³-hybridized carbons (Fsp3) is 0.714. The second-order valence-electron chi connectivity index (χ2n) is 13.0. The van der Waals surface area contributed by atoms with Gasteiger partial charge in [0.2, 0.25) is 0 Å². The first kappa shape index (κ1) is 49.5. The molecule has 1 saturated heterocycles. The van der Waals surface area contributed by atoms with E-state index in [4.69, 9.17) is 24.1 Å². The smallest absolute Gasteiger partial charge is 0.163 e. The van der Waals surface area contributed by atoms with Crippen LogP contribution in [0.25, 0.3) is 0 Å². The van der Waals surface area contributed by atoms with Gasteiger partial charge in [-0.2, -0.15) is 0 Å². The van der Waals surface area contributed by atoms with Crippen LogP contribution in [0, 0.1) is 47.4 Å². The lowest BCUT2D eigenvalue weighted by atomic mass is 10.0. The molecule has 50 heavy (non-hydrogen) atoms. The van der Waals surface area contributed by atoms with Crippen LogP contribution in [0.15, 0.2) is 25.3 Å². The van der Waals surface area contributed by atoms with Gasteiger partial charge in [-0.3, -0.25) is 0 Å². The van der Waals surface area contributed by atoms with Crippen LogP contribution in [0.5, 0.6) is 0 Å². The average molecular weight is 701 g/mol. The van der Waals surface area contributed by atoms with E-state index in [9.17, 15) is 15.3 Å². The van der Waals surface area contributed by atoms with Crippen LogP contribution in [0.1, 0.15) is 131 Å². The Balaban J connectivity index is 0. The van der Waals surface area contributed by atoms with Crippen molar-refractivity contribution in [1.29, 1.82) is 0 Å². The molecule has 0 spiro atoms. The summed E-state index contributed by atoms with van der Waals surface area (Å²) >= 11 is 0. The van der Waals surface area contributed by atoms with Gasteiger partial charge in [-0.15, -0.1) is 0 Å². The lowest BCUT2D eigenvalue weighted by Gasteiger charge is -2.19. The minimum atomic E-state index is -0.872. The molecule has 284 valence electrons. The van der Waals surface area contributed by atoms with Crippen LogP contribution in [-0.2, 0) is 18.9 Å². The van der Waals surface area contributed by atoms with E-state index < -0.39 is 36.0 Å². The molecule has 0 aromatic heterocycles. The number of aliphatic hydroxyl groups excluding tert-OH is 4. The van der Waals surface area contributed by atoms with E-state index in [-0.39, 0.29) is 18.6 Å².